The average molecular weight is 276 g/mol. The Morgan fingerprint density at radius 3 is 3.16 bits per heavy atom. The summed E-state index contributed by atoms with van der Waals surface area (Å²) in [5.74, 6) is 0.244. The van der Waals surface area contributed by atoms with Crippen molar-refractivity contribution in [2.45, 2.75) is 5.92 Å². The van der Waals surface area contributed by atoms with Gasteiger partial charge in [0, 0.05) is 37.6 Å². The van der Waals surface area contributed by atoms with Crippen molar-refractivity contribution < 1.29 is 4.79 Å². The molecule has 1 aliphatic rings. The van der Waals surface area contributed by atoms with Crippen LogP contribution in [0.4, 0.5) is 5.69 Å². The number of carbonyl (C=O) groups excluding carboxylic acids is 1. The van der Waals surface area contributed by atoms with Crippen LogP contribution in [-0.2, 0) is 11.8 Å². The Morgan fingerprint density at radius 1 is 1.58 bits per heavy atom. The zero-order valence-corrected chi connectivity index (χ0v) is 11.5. The van der Waals surface area contributed by atoms with E-state index < -0.39 is 0 Å². The van der Waals surface area contributed by atoms with Gasteiger partial charge in [0.2, 0.25) is 5.91 Å². The summed E-state index contributed by atoms with van der Waals surface area (Å²) in [4.78, 5) is 12.3. The highest BCUT2D eigenvalue weighted by atomic mass is 32.1. The number of rotatable bonds is 3. The van der Waals surface area contributed by atoms with Crippen LogP contribution in [-0.4, -0.2) is 28.8 Å². The molecule has 2 aromatic heterocycles. The summed E-state index contributed by atoms with van der Waals surface area (Å²) in [5.41, 5.74) is 2.00. The second-order valence-electron chi connectivity index (χ2n) is 4.82. The quantitative estimate of drug-likeness (QED) is 0.891. The van der Waals surface area contributed by atoms with E-state index in [-0.39, 0.29) is 17.7 Å². The zero-order valence-electron chi connectivity index (χ0n) is 10.7. The predicted octanol–water partition coefficient (Wildman–Crippen LogP) is 1.42. The van der Waals surface area contributed by atoms with E-state index in [4.69, 9.17) is 0 Å². The van der Waals surface area contributed by atoms with Crippen LogP contribution in [0.1, 0.15) is 11.5 Å². The Labute approximate surface area is 115 Å². The van der Waals surface area contributed by atoms with E-state index in [1.54, 1.807) is 16.0 Å². The number of amides is 1. The van der Waals surface area contributed by atoms with E-state index in [0.717, 1.165) is 24.3 Å². The van der Waals surface area contributed by atoms with E-state index >= 15 is 0 Å². The van der Waals surface area contributed by atoms with E-state index in [1.165, 1.54) is 0 Å². The number of nitrogens with one attached hydrogen (secondary N) is 2. The van der Waals surface area contributed by atoms with Gasteiger partial charge in [0.05, 0.1) is 17.8 Å². The highest BCUT2D eigenvalue weighted by Crippen LogP contribution is 2.29. The van der Waals surface area contributed by atoms with Crippen LogP contribution in [0.25, 0.3) is 0 Å². The van der Waals surface area contributed by atoms with Gasteiger partial charge in [-0.25, -0.2) is 0 Å². The summed E-state index contributed by atoms with van der Waals surface area (Å²) in [6.45, 7) is 1.54. The SMILES string of the molecule is Cn1cc([C@H]2CNC[C@@H]2C(=O)Nc2ccsc2)cn1. The van der Waals surface area contributed by atoms with Gasteiger partial charge in [-0.15, -0.1) is 0 Å². The van der Waals surface area contributed by atoms with E-state index in [1.807, 2.05) is 36.3 Å². The molecular formula is C13H16N4OS. The summed E-state index contributed by atoms with van der Waals surface area (Å²) in [5, 5.41) is 14.4. The molecule has 0 bridgehead atoms. The summed E-state index contributed by atoms with van der Waals surface area (Å²) in [6.07, 6.45) is 3.84. The number of thiophene rings is 1. The average Bonchev–Trinajstić information content (AvgIpc) is 3.07. The summed E-state index contributed by atoms with van der Waals surface area (Å²) < 4.78 is 1.78. The molecule has 0 aliphatic carbocycles. The molecule has 2 aromatic rings. The first-order valence-electron chi connectivity index (χ1n) is 6.26. The molecule has 100 valence electrons. The van der Waals surface area contributed by atoms with Crippen molar-refractivity contribution in [2.24, 2.45) is 13.0 Å². The third-order valence-electron chi connectivity index (χ3n) is 3.49. The highest BCUT2D eigenvalue weighted by Gasteiger charge is 2.34. The molecule has 6 heteroatoms. The number of aryl methyl sites for hydroxylation is 1. The number of hydrogen-bond acceptors (Lipinski definition) is 4. The Morgan fingerprint density at radius 2 is 2.47 bits per heavy atom. The third-order valence-corrected chi connectivity index (χ3v) is 4.18. The van der Waals surface area contributed by atoms with Crippen molar-refractivity contribution in [3.8, 4) is 0 Å². The molecule has 0 unspecified atom stereocenters. The van der Waals surface area contributed by atoms with Gasteiger partial charge in [0.25, 0.3) is 0 Å². The Bertz CT molecular complexity index is 563. The second kappa shape index (κ2) is 5.14. The summed E-state index contributed by atoms with van der Waals surface area (Å²) in [7, 11) is 1.90. The summed E-state index contributed by atoms with van der Waals surface area (Å²) in [6, 6.07) is 1.92. The molecule has 2 N–H and O–H groups in total. The van der Waals surface area contributed by atoms with Crippen molar-refractivity contribution >= 4 is 22.9 Å². The Kier molecular flexibility index (Phi) is 3.35. The number of hydrogen-bond donors (Lipinski definition) is 2. The maximum absolute atomic E-state index is 12.3. The predicted molar refractivity (Wildman–Crippen MR) is 75.3 cm³/mol. The lowest BCUT2D eigenvalue weighted by Crippen LogP contribution is -2.27. The monoisotopic (exact) mass is 276 g/mol. The molecule has 0 spiro atoms. The summed E-state index contributed by atoms with van der Waals surface area (Å²) >= 11 is 1.58. The van der Waals surface area contributed by atoms with Crippen molar-refractivity contribution in [1.29, 1.82) is 0 Å². The highest BCUT2D eigenvalue weighted by molar-refractivity contribution is 7.08. The molecule has 1 aliphatic heterocycles. The fraction of sp³-hybridized carbons (Fsp3) is 0.385. The van der Waals surface area contributed by atoms with Gasteiger partial charge in [-0.05, 0) is 17.0 Å². The molecule has 5 nitrogen and oxygen atoms in total. The minimum Gasteiger partial charge on any atom is -0.325 e. The van der Waals surface area contributed by atoms with Gasteiger partial charge >= 0.3 is 0 Å². The lowest BCUT2D eigenvalue weighted by atomic mass is 9.90. The molecule has 1 fully saturated rings. The lowest BCUT2D eigenvalue weighted by molar-refractivity contribution is -0.119. The van der Waals surface area contributed by atoms with Gasteiger partial charge in [0.15, 0.2) is 0 Å². The lowest BCUT2D eigenvalue weighted by Gasteiger charge is -2.16. The number of anilines is 1. The molecule has 0 aromatic carbocycles. The van der Waals surface area contributed by atoms with Crippen LogP contribution in [0, 0.1) is 5.92 Å². The van der Waals surface area contributed by atoms with Crippen molar-refractivity contribution in [3.63, 3.8) is 0 Å². The third kappa shape index (κ3) is 2.54. The maximum atomic E-state index is 12.3. The van der Waals surface area contributed by atoms with Gasteiger partial charge in [0.1, 0.15) is 0 Å². The van der Waals surface area contributed by atoms with Gasteiger partial charge < -0.3 is 10.6 Å². The van der Waals surface area contributed by atoms with Gasteiger partial charge in [-0.3, -0.25) is 9.48 Å². The van der Waals surface area contributed by atoms with Crippen molar-refractivity contribution in [2.75, 3.05) is 18.4 Å². The van der Waals surface area contributed by atoms with Crippen molar-refractivity contribution in [1.82, 2.24) is 15.1 Å². The fourth-order valence-electron chi connectivity index (χ4n) is 2.51. The second-order valence-corrected chi connectivity index (χ2v) is 5.60. The van der Waals surface area contributed by atoms with Crippen LogP contribution in [0.5, 0.6) is 0 Å². The van der Waals surface area contributed by atoms with Gasteiger partial charge in [-0.1, -0.05) is 0 Å². The van der Waals surface area contributed by atoms with E-state index in [0.29, 0.717) is 0 Å². The topological polar surface area (TPSA) is 59.0 Å². The molecule has 19 heavy (non-hydrogen) atoms. The molecule has 2 atom stereocenters. The minimum atomic E-state index is -0.0379. The minimum absolute atomic E-state index is 0.0379. The van der Waals surface area contributed by atoms with Crippen LogP contribution in [0.2, 0.25) is 0 Å². The number of nitrogens with zero attached hydrogens (tertiary/aromatic N) is 2. The standard InChI is InChI=1S/C13H16N4OS/c1-17-7-9(4-15-17)11-5-14-6-12(11)13(18)16-10-2-3-19-8-10/h2-4,7-8,11-12,14H,5-6H2,1H3,(H,16,18)/t11-,12+/m1/s1. The first-order chi connectivity index (χ1) is 9.24. The molecule has 0 saturated carbocycles. The molecule has 1 amide bonds. The first kappa shape index (κ1) is 12.4. The fourth-order valence-corrected chi connectivity index (χ4v) is 3.09. The molecule has 0 radical (unpaired) electrons. The van der Waals surface area contributed by atoms with Crippen LogP contribution in [0.3, 0.4) is 0 Å². The normalized spacial score (nSPS) is 22.6. The number of aromatic nitrogens is 2. The van der Waals surface area contributed by atoms with Crippen LogP contribution in [0.15, 0.2) is 29.2 Å². The van der Waals surface area contributed by atoms with E-state index in [2.05, 4.69) is 15.7 Å². The van der Waals surface area contributed by atoms with Gasteiger partial charge in [-0.2, -0.15) is 16.4 Å². The van der Waals surface area contributed by atoms with Crippen LogP contribution >= 0.6 is 11.3 Å². The Balaban J connectivity index is 1.74. The molecule has 1 saturated heterocycles. The molecule has 3 heterocycles. The molecular weight excluding hydrogens is 260 g/mol. The largest absolute Gasteiger partial charge is 0.325 e. The van der Waals surface area contributed by atoms with Crippen molar-refractivity contribution in [3.05, 3.63) is 34.8 Å². The van der Waals surface area contributed by atoms with Crippen LogP contribution < -0.4 is 10.6 Å². The maximum Gasteiger partial charge on any atom is 0.229 e. The Hall–Kier alpha value is -1.66. The zero-order chi connectivity index (χ0) is 13.2. The molecule has 3 rings (SSSR count). The van der Waals surface area contributed by atoms with E-state index in [9.17, 15) is 4.79 Å². The first-order valence-corrected chi connectivity index (χ1v) is 7.20. The smallest absolute Gasteiger partial charge is 0.229 e. The number of carbonyl (C=O) groups is 1.